The van der Waals surface area contributed by atoms with Crippen LogP contribution >= 0.6 is 11.6 Å². The molecule has 0 spiro atoms. The van der Waals surface area contributed by atoms with E-state index in [1.165, 1.54) is 0 Å². The maximum Gasteiger partial charge on any atom is 0.256 e. The van der Waals surface area contributed by atoms with E-state index < -0.39 is 22.0 Å². The number of anilines is 2. The van der Waals surface area contributed by atoms with E-state index in [9.17, 15) is 18.0 Å². The highest BCUT2D eigenvalue weighted by Gasteiger charge is 2.32. The van der Waals surface area contributed by atoms with Gasteiger partial charge in [-0.25, -0.2) is 8.42 Å². The normalized spacial score (nSPS) is 15.2. The van der Waals surface area contributed by atoms with Crippen LogP contribution in [-0.4, -0.2) is 63.7 Å². The van der Waals surface area contributed by atoms with Gasteiger partial charge in [0, 0.05) is 18.1 Å². The molecule has 3 rings (SSSR count). The summed E-state index contributed by atoms with van der Waals surface area (Å²) in [7, 11) is -3.78. The molecule has 0 radical (unpaired) electrons. The average Bonchev–Trinajstić information content (AvgIpc) is 2.78. The van der Waals surface area contributed by atoms with Crippen LogP contribution in [0.15, 0.2) is 48.5 Å². The number of carbonyl (C=O) groups is 2. The van der Waals surface area contributed by atoms with Crippen molar-refractivity contribution >= 4 is 44.8 Å². The summed E-state index contributed by atoms with van der Waals surface area (Å²) in [4.78, 5) is 27.9. The lowest BCUT2D eigenvalue weighted by Gasteiger charge is -2.31. The molecule has 0 saturated carbocycles. The number of para-hydroxylation sites is 1. The number of carbonyl (C=O) groups excluding carboxylic acids is 2. The van der Waals surface area contributed by atoms with E-state index in [1.807, 2.05) is 0 Å². The van der Waals surface area contributed by atoms with Gasteiger partial charge in [0.2, 0.25) is 15.9 Å². The van der Waals surface area contributed by atoms with Gasteiger partial charge in [-0.2, -0.15) is 0 Å². The van der Waals surface area contributed by atoms with Gasteiger partial charge in [0.05, 0.1) is 36.4 Å². The van der Waals surface area contributed by atoms with Gasteiger partial charge in [-0.1, -0.05) is 30.7 Å². The molecule has 1 N–H and O–H groups in total. The van der Waals surface area contributed by atoms with Crippen molar-refractivity contribution in [1.82, 2.24) is 4.90 Å². The van der Waals surface area contributed by atoms with Crippen molar-refractivity contribution in [3.05, 3.63) is 59.1 Å². The molecule has 1 aliphatic rings. The highest BCUT2D eigenvalue weighted by molar-refractivity contribution is 7.92. The van der Waals surface area contributed by atoms with Crippen molar-refractivity contribution in [2.75, 3.05) is 42.2 Å². The molecule has 1 fully saturated rings. The van der Waals surface area contributed by atoms with Crippen LogP contribution in [0.25, 0.3) is 0 Å². The standard InChI is InChI=1S/C22H26ClN3O5S/c1-3-20(26(32(2,29)30)17-10-8-16(23)9-11-17)21(27)24-19-7-5-4-6-18(19)22(28)25-12-14-31-15-13-25/h4-11,20H,3,12-15H2,1-2H3,(H,24,27)/t20-/m0/s1. The van der Waals surface area contributed by atoms with E-state index in [0.29, 0.717) is 48.3 Å². The van der Waals surface area contributed by atoms with Gasteiger partial charge in [-0.15, -0.1) is 0 Å². The van der Waals surface area contributed by atoms with Crippen LogP contribution in [0.1, 0.15) is 23.7 Å². The first-order valence-electron chi connectivity index (χ1n) is 10.2. The van der Waals surface area contributed by atoms with Crippen molar-refractivity contribution in [3.63, 3.8) is 0 Å². The first-order valence-corrected chi connectivity index (χ1v) is 12.5. The summed E-state index contributed by atoms with van der Waals surface area (Å²) in [6, 6.07) is 11.9. The molecule has 32 heavy (non-hydrogen) atoms. The third-order valence-electron chi connectivity index (χ3n) is 5.12. The lowest BCUT2D eigenvalue weighted by Crippen LogP contribution is -2.47. The summed E-state index contributed by atoms with van der Waals surface area (Å²) >= 11 is 5.93. The summed E-state index contributed by atoms with van der Waals surface area (Å²) < 4.78 is 31.6. The number of amides is 2. The Morgan fingerprint density at radius 1 is 1.12 bits per heavy atom. The molecular weight excluding hydrogens is 454 g/mol. The number of morpholine rings is 1. The quantitative estimate of drug-likeness (QED) is 0.658. The second-order valence-corrected chi connectivity index (χ2v) is 9.69. The second-order valence-electron chi connectivity index (χ2n) is 7.40. The Kier molecular flexibility index (Phi) is 7.76. The zero-order valence-electron chi connectivity index (χ0n) is 18.0. The maximum atomic E-state index is 13.2. The fourth-order valence-corrected chi connectivity index (χ4v) is 4.92. The van der Waals surface area contributed by atoms with Crippen LogP contribution < -0.4 is 9.62 Å². The molecule has 2 amide bonds. The smallest absolute Gasteiger partial charge is 0.256 e. The van der Waals surface area contributed by atoms with Crippen LogP contribution in [0, 0.1) is 0 Å². The highest BCUT2D eigenvalue weighted by Crippen LogP contribution is 2.26. The maximum absolute atomic E-state index is 13.2. The van der Waals surface area contributed by atoms with Crippen LogP contribution in [0.3, 0.4) is 0 Å². The van der Waals surface area contributed by atoms with Gasteiger partial charge in [0.1, 0.15) is 6.04 Å². The van der Waals surface area contributed by atoms with Crippen molar-refractivity contribution in [2.24, 2.45) is 0 Å². The summed E-state index contributed by atoms with van der Waals surface area (Å²) in [6.45, 7) is 3.59. The molecule has 1 aliphatic heterocycles. The van der Waals surface area contributed by atoms with Crippen molar-refractivity contribution in [1.29, 1.82) is 0 Å². The zero-order valence-corrected chi connectivity index (χ0v) is 19.5. The molecule has 2 aromatic rings. The molecule has 1 heterocycles. The Bertz CT molecular complexity index is 1070. The number of sulfonamides is 1. The van der Waals surface area contributed by atoms with E-state index in [4.69, 9.17) is 16.3 Å². The molecule has 0 unspecified atom stereocenters. The Balaban J connectivity index is 1.89. The summed E-state index contributed by atoms with van der Waals surface area (Å²) in [5.41, 5.74) is 1.00. The molecule has 10 heteroatoms. The third kappa shape index (κ3) is 5.59. The number of rotatable bonds is 7. The van der Waals surface area contributed by atoms with Gasteiger partial charge in [-0.3, -0.25) is 13.9 Å². The Labute approximate surface area is 193 Å². The van der Waals surface area contributed by atoms with Gasteiger partial charge in [0.25, 0.3) is 5.91 Å². The number of benzene rings is 2. The van der Waals surface area contributed by atoms with Crippen LogP contribution in [0.2, 0.25) is 5.02 Å². The molecule has 0 aromatic heterocycles. The minimum atomic E-state index is -3.78. The molecule has 0 aliphatic carbocycles. The Hall–Kier alpha value is -2.62. The van der Waals surface area contributed by atoms with Crippen molar-refractivity contribution in [3.8, 4) is 0 Å². The first-order chi connectivity index (χ1) is 15.2. The third-order valence-corrected chi connectivity index (χ3v) is 6.56. The minimum absolute atomic E-state index is 0.213. The molecule has 0 bridgehead atoms. The van der Waals surface area contributed by atoms with Gasteiger partial charge in [-0.05, 0) is 42.8 Å². The number of nitrogens with zero attached hydrogens (tertiary/aromatic N) is 2. The minimum Gasteiger partial charge on any atom is -0.378 e. The van der Waals surface area contributed by atoms with E-state index in [2.05, 4.69) is 5.32 Å². The van der Waals surface area contributed by atoms with E-state index in [-0.39, 0.29) is 12.3 Å². The molecule has 1 saturated heterocycles. The second kappa shape index (κ2) is 10.3. The number of halogens is 1. The number of hydrogen-bond donors (Lipinski definition) is 1. The predicted octanol–water partition coefficient (Wildman–Crippen LogP) is 3.00. The van der Waals surface area contributed by atoms with Gasteiger partial charge >= 0.3 is 0 Å². The number of ether oxygens (including phenoxy) is 1. The first kappa shape index (κ1) is 24.0. The van der Waals surface area contributed by atoms with Gasteiger partial charge in [0.15, 0.2) is 0 Å². The fraction of sp³-hybridized carbons (Fsp3) is 0.364. The molecular formula is C22H26ClN3O5S. The van der Waals surface area contributed by atoms with Crippen molar-refractivity contribution < 1.29 is 22.7 Å². The fourth-order valence-electron chi connectivity index (χ4n) is 3.58. The average molecular weight is 480 g/mol. The highest BCUT2D eigenvalue weighted by atomic mass is 35.5. The topological polar surface area (TPSA) is 96.0 Å². The Morgan fingerprint density at radius 3 is 2.34 bits per heavy atom. The predicted molar refractivity (Wildman–Crippen MR) is 125 cm³/mol. The summed E-state index contributed by atoms with van der Waals surface area (Å²) in [5.74, 6) is -0.745. The van der Waals surface area contributed by atoms with Crippen LogP contribution in [-0.2, 0) is 19.6 Å². The number of nitrogens with one attached hydrogen (secondary N) is 1. The summed E-state index contributed by atoms with van der Waals surface area (Å²) in [6.07, 6.45) is 1.27. The summed E-state index contributed by atoms with van der Waals surface area (Å²) in [5, 5.41) is 3.22. The zero-order chi connectivity index (χ0) is 23.3. The van der Waals surface area contributed by atoms with Crippen molar-refractivity contribution in [2.45, 2.75) is 19.4 Å². The molecule has 8 nitrogen and oxygen atoms in total. The monoisotopic (exact) mass is 479 g/mol. The van der Waals surface area contributed by atoms with Gasteiger partial charge < -0.3 is 15.0 Å². The van der Waals surface area contributed by atoms with E-state index in [0.717, 1.165) is 10.6 Å². The van der Waals surface area contributed by atoms with Crippen LogP contribution in [0.4, 0.5) is 11.4 Å². The molecule has 1 atom stereocenters. The lowest BCUT2D eigenvalue weighted by atomic mass is 10.1. The Morgan fingerprint density at radius 2 is 1.75 bits per heavy atom. The SMILES string of the molecule is CC[C@@H](C(=O)Nc1ccccc1C(=O)N1CCOCC1)N(c1ccc(Cl)cc1)S(C)(=O)=O. The van der Waals surface area contributed by atoms with E-state index in [1.54, 1.807) is 60.4 Å². The largest absolute Gasteiger partial charge is 0.378 e. The lowest BCUT2D eigenvalue weighted by molar-refractivity contribution is -0.117. The molecule has 2 aromatic carbocycles. The van der Waals surface area contributed by atoms with E-state index >= 15 is 0 Å². The number of hydrogen-bond acceptors (Lipinski definition) is 5. The van der Waals surface area contributed by atoms with Crippen LogP contribution in [0.5, 0.6) is 0 Å². The molecule has 172 valence electrons.